The number of H-pyrrole nitrogens is 1. The number of amides is 1. The lowest BCUT2D eigenvalue weighted by Gasteiger charge is -2.19. The second-order valence-corrected chi connectivity index (χ2v) is 12.2. The average molecular weight is 555 g/mol. The number of anilines is 2. The minimum atomic E-state index is -3.83. The van der Waals surface area contributed by atoms with Crippen molar-refractivity contribution in [2.45, 2.75) is 38.0 Å². The molecule has 0 radical (unpaired) electrons. The van der Waals surface area contributed by atoms with Gasteiger partial charge in [0.1, 0.15) is 0 Å². The number of nitrogens with one attached hydrogen (secondary N) is 3. The second-order valence-electron chi connectivity index (χ2n) is 10.5. The normalized spacial score (nSPS) is 11.8. The first-order chi connectivity index (χ1) is 19.0. The van der Waals surface area contributed by atoms with E-state index in [9.17, 15) is 13.2 Å². The van der Waals surface area contributed by atoms with Crippen LogP contribution in [-0.4, -0.2) is 24.5 Å². The summed E-state index contributed by atoms with van der Waals surface area (Å²) in [4.78, 5) is 20.2. The van der Waals surface area contributed by atoms with Gasteiger partial charge in [-0.2, -0.15) is 0 Å². The van der Waals surface area contributed by atoms with E-state index in [4.69, 9.17) is 4.74 Å². The molecule has 0 fully saturated rings. The first-order valence-electron chi connectivity index (χ1n) is 12.8. The summed E-state index contributed by atoms with van der Waals surface area (Å²) in [6.45, 7) is 8.06. The molecule has 2 heterocycles. The Bertz CT molecular complexity index is 1790. The van der Waals surface area contributed by atoms with Gasteiger partial charge in [-0.25, -0.2) is 13.2 Å². The third-order valence-electron chi connectivity index (χ3n) is 6.56. The lowest BCUT2D eigenvalue weighted by atomic mass is 9.87. The number of ether oxygens (including phenoxy) is 1. The van der Waals surface area contributed by atoms with Crippen LogP contribution >= 0.6 is 0 Å². The van der Waals surface area contributed by atoms with E-state index in [1.807, 2.05) is 49.4 Å². The van der Waals surface area contributed by atoms with Gasteiger partial charge in [-0.1, -0.05) is 63.2 Å². The first-order valence-corrected chi connectivity index (χ1v) is 14.2. The number of hydrogen-bond donors (Lipinski definition) is 3. The SMILES string of the molecule is Cc1cnccc1NC(=O)Oc1[nH]c2ccc(NS(=O)(=O)c3ccc(C(C)(C)C)cc3)cc2c1-c1ccccc1. The average Bonchev–Trinajstić information content (AvgIpc) is 3.26. The van der Waals surface area contributed by atoms with Gasteiger partial charge in [-0.15, -0.1) is 0 Å². The van der Waals surface area contributed by atoms with Crippen molar-refractivity contribution in [2.24, 2.45) is 0 Å². The van der Waals surface area contributed by atoms with E-state index < -0.39 is 16.1 Å². The van der Waals surface area contributed by atoms with Gasteiger partial charge in [0.2, 0.25) is 5.88 Å². The summed E-state index contributed by atoms with van der Waals surface area (Å²) in [5.74, 6) is 0.239. The highest BCUT2D eigenvalue weighted by molar-refractivity contribution is 7.92. The second kappa shape index (κ2) is 10.5. The number of aryl methyl sites for hydroxylation is 1. The molecule has 0 unspecified atom stereocenters. The molecule has 0 saturated carbocycles. The molecular weight excluding hydrogens is 524 g/mol. The molecule has 0 saturated heterocycles. The summed E-state index contributed by atoms with van der Waals surface area (Å²) in [5, 5.41) is 3.43. The molecule has 0 aliphatic heterocycles. The lowest BCUT2D eigenvalue weighted by Crippen LogP contribution is -2.18. The van der Waals surface area contributed by atoms with Crippen LogP contribution in [0.1, 0.15) is 31.9 Å². The predicted octanol–water partition coefficient (Wildman–Crippen LogP) is 7.25. The van der Waals surface area contributed by atoms with Crippen LogP contribution in [0.4, 0.5) is 16.2 Å². The molecule has 1 amide bonds. The zero-order valence-corrected chi connectivity index (χ0v) is 23.5. The molecule has 5 rings (SSSR count). The van der Waals surface area contributed by atoms with Crippen LogP contribution in [0.2, 0.25) is 0 Å². The number of rotatable bonds is 6. The van der Waals surface area contributed by atoms with Gasteiger partial charge in [-0.3, -0.25) is 15.0 Å². The third-order valence-corrected chi connectivity index (χ3v) is 7.96. The fourth-order valence-corrected chi connectivity index (χ4v) is 5.44. The number of carbonyl (C=O) groups excluding carboxylic acids is 1. The zero-order chi connectivity index (χ0) is 28.5. The van der Waals surface area contributed by atoms with Crippen molar-refractivity contribution < 1.29 is 17.9 Å². The summed E-state index contributed by atoms with van der Waals surface area (Å²) in [5.41, 5.74) is 4.84. The van der Waals surface area contributed by atoms with Crippen LogP contribution in [-0.2, 0) is 15.4 Å². The number of hydrogen-bond acceptors (Lipinski definition) is 5. The Morgan fingerprint density at radius 1 is 0.950 bits per heavy atom. The van der Waals surface area contributed by atoms with Crippen molar-refractivity contribution in [3.05, 3.63) is 102 Å². The van der Waals surface area contributed by atoms with Crippen LogP contribution in [0.15, 0.2) is 96.2 Å². The molecule has 0 aliphatic rings. The summed E-state index contributed by atoms with van der Waals surface area (Å²) >= 11 is 0. The van der Waals surface area contributed by atoms with Crippen LogP contribution < -0.4 is 14.8 Å². The fraction of sp³-hybridized carbons (Fsp3) is 0.161. The van der Waals surface area contributed by atoms with Crippen molar-refractivity contribution in [3.8, 4) is 17.0 Å². The van der Waals surface area contributed by atoms with Gasteiger partial charge in [-0.05, 0) is 65.4 Å². The molecule has 3 aromatic carbocycles. The van der Waals surface area contributed by atoms with Gasteiger partial charge in [0.25, 0.3) is 10.0 Å². The van der Waals surface area contributed by atoms with Gasteiger partial charge < -0.3 is 9.72 Å². The highest BCUT2D eigenvalue weighted by Gasteiger charge is 2.21. The van der Waals surface area contributed by atoms with Gasteiger partial charge in [0.15, 0.2) is 0 Å². The molecule has 8 nitrogen and oxygen atoms in total. The maximum absolute atomic E-state index is 13.2. The number of benzene rings is 3. The van der Waals surface area contributed by atoms with Crippen molar-refractivity contribution in [2.75, 3.05) is 10.0 Å². The standard InChI is InChI=1S/C31H30N4O4S/c1-20-19-32-17-16-26(20)34-30(36)39-29-28(21-8-6-5-7-9-21)25-18-23(12-15-27(25)33-29)35-40(37,38)24-13-10-22(11-14-24)31(2,3)4/h5-19,33,35H,1-4H3,(H,32,34,36). The summed E-state index contributed by atoms with van der Waals surface area (Å²) in [7, 11) is -3.83. The Morgan fingerprint density at radius 2 is 1.68 bits per heavy atom. The summed E-state index contributed by atoms with van der Waals surface area (Å²) in [6, 6.07) is 23.2. The van der Waals surface area contributed by atoms with E-state index in [1.54, 1.807) is 48.8 Å². The van der Waals surface area contributed by atoms with Gasteiger partial charge in [0, 0.05) is 34.7 Å². The van der Waals surface area contributed by atoms with E-state index in [0.717, 1.165) is 16.7 Å². The molecule has 2 aromatic heterocycles. The van der Waals surface area contributed by atoms with Gasteiger partial charge >= 0.3 is 6.09 Å². The molecule has 9 heteroatoms. The van der Waals surface area contributed by atoms with Crippen molar-refractivity contribution >= 4 is 38.4 Å². The minimum absolute atomic E-state index is 0.0866. The number of pyridine rings is 1. The summed E-state index contributed by atoms with van der Waals surface area (Å²) in [6.07, 6.45) is 2.57. The van der Waals surface area contributed by atoms with E-state index in [0.29, 0.717) is 27.8 Å². The molecule has 5 aromatic rings. The summed E-state index contributed by atoms with van der Waals surface area (Å²) < 4.78 is 34.8. The third kappa shape index (κ3) is 5.69. The van der Waals surface area contributed by atoms with Crippen LogP contribution in [0.3, 0.4) is 0 Å². The lowest BCUT2D eigenvalue weighted by molar-refractivity contribution is 0.214. The maximum Gasteiger partial charge on any atom is 0.418 e. The van der Waals surface area contributed by atoms with E-state index >= 15 is 0 Å². The maximum atomic E-state index is 13.2. The van der Waals surface area contributed by atoms with Crippen LogP contribution in [0, 0.1) is 6.92 Å². The van der Waals surface area contributed by atoms with Crippen molar-refractivity contribution in [3.63, 3.8) is 0 Å². The molecule has 0 spiro atoms. The monoisotopic (exact) mass is 554 g/mol. The zero-order valence-electron chi connectivity index (χ0n) is 22.6. The first kappa shape index (κ1) is 27.0. The van der Waals surface area contributed by atoms with E-state index in [1.165, 1.54) is 0 Å². The predicted molar refractivity (Wildman–Crippen MR) is 158 cm³/mol. The Labute approximate surface area is 233 Å². The Morgan fingerprint density at radius 3 is 2.35 bits per heavy atom. The highest BCUT2D eigenvalue weighted by Crippen LogP contribution is 2.39. The smallest absolute Gasteiger partial charge is 0.392 e. The van der Waals surface area contributed by atoms with Crippen LogP contribution in [0.5, 0.6) is 5.88 Å². The number of nitrogens with zero attached hydrogens (tertiary/aromatic N) is 1. The number of sulfonamides is 1. The highest BCUT2D eigenvalue weighted by atomic mass is 32.2. The van der Waals surface area contributed by atoms with Crippen molar-refractivity contribution in [1.82, 2.24) is 9.97 Å². The van der Waals surface area contributed by atoms with Crippen molar-refractivity contribution in [1.29, 1.82) is 0 Å². The largest absolute Gasteiger partial charge is 0.418 e. The number of aromatic nitrogens is 2. The quantitative estimate of drug-likeness (QED) is 0.205. The molecule has 0 atom stereocenters. The van der Waals surface area contributed by atoms with Crippen LogP contribution in [0.25, 0.3) is 22.0 Å². The molecular formula is C31H30N4O4S. The number of aromatic amines is 1. The molecule has 0 aliphatic carbocycles. The number of carbonyl (C=O) groups is 1. The molecule has 40 heavy (non-hydrogen) atoms. The Balaban J connectivity index is 1.48. The molecule has 0 bridgehead atoms. The Kier molecular flexibility index (Phi) is 7.08. The van der Waals surface area contributed by atoms with E-state index in [2.05, 4.69) is 40.8 Å². The minimum Gasteiger partial charge on any atom is -0.392 e. The number of fused-ring (bicyclic) bond motifs is 1. The van der Waals surface area contributed by atoms with E-state index in [-0.39, 0.29) is 16.2 Å². The molecule has 3 N–H and O–H groups in total. The molecule has 204 valence electrons. The fourth-order valence-electron chi connectivity index (χ4n) is 4.39. The Hall–Kier alpha value is -4.63. The topological polar surface area (TPSA) is 113 Å². The van der Waals surface area contributed by atoms with Gasteiger partial charge in [0.05, 0.1) is 10.5 Å².